The lowest BCUT2D eigenvalue weighted by molar-refractivity contribution is -0.193. The minimum absolute atomic E-state index is 0.315. The first-order chi connectivity index (χ1) is 10.8. The highest BCUT2D eigenvalue weighted by atomic mass is 19.4. The van der Waals surface area contributed by atoms with E-state index in [4.69, 9.17) is 25.5 Å². The number of alkyl halides is 6. The summed E-state index contributed by atoms with van der Waals surface area (Å²) in [4.78, 5) is 17.8. The van der Waals surface area contributed by atoms with Crippen LogP contribution in [-0.4, -0.2) is 54.3 Å². The molecule has 2 heterocycles. The number of carbonyl (C=O) groups is 2. The summed E-state index contributed by atoms with van der Waals surface area (Å²) in [6.45, 7) is 0. The number of halogens is 6. The highest BCUT2D eigenvalue weighted by Crippen LogP contribution is 2.13. The van der Waals surface area contributed by atoms with E-state index in [1.54, 1.807) is 18.3 Å². The fraction of sp³-hybridized carbons (Fsp3) is 0.222. The van der Waals surface area contributed by atoms with Crippen molar-refractivity contribution < 1.29 is 46.1 Å². The Kier molecular flexibility index (Phi) is 6.90. The van der Waals surface area contributed by atoms with Gasteiger partial charge in [0.2, 0.25) is 5.95 Å². The Balaban J connectivity index is 0.000000343. The van der Waals surface area contributed by atoms with Crippen molar-refractivity contribution in [1.29, 1.82) is 0 Å². The predicted molar refractivity (Wildman–Crippen MR) is 62.6 cm³/mol. The van der Waals surface area contributed by atoms with Gasteiger partial charge < -0.3 is 15.9 Å². The molecule has 15 heteroatoms. The first-order valence-electron chi connectivity index (χ1n) is 5.29. The second-order valence-electron chi connectivity index (χ2n) is 3.46. The molecule has 0 radical (unpaired) electrons. The molecule has 24 heavy (non-hydrogen) atoms. The van der Waals surface area contributed by atoms with Gasteiger partial charge in [0, 0.05) is 6.20 Å². The summed E-state index contributed by atoms with van der Waals surface area (Å²) in [7, 11) is 0. The molecule has 0 aliphatic heterocycles. The molecule has 4 N–H and O–H groups in total. The average Bonchev–Trinajstić information content (AvgIpc) is 2.80. The lowest BCUT2D eigenvalue weighted by Crippen LogP contribution is -2.21. The summed E-state index contributed by atoms with van der Waals surface area (Å²) < 4.78 is 64.9. The van der Waals surface area contributed by atoms with Gasteiger partial charge in [0.15, 0.2) is 5.65 Å². The first-order valence-corrected chi connectivity index (χ1v) is 5.29. The molecule has 0 bridgehead atoms. The molecule has 0 amide bonds. The number of fused-ring (bicyclic) bond motifs is 1. The maximum atomic E-state index is 10.6. The molecule has 0 aromatic carbocycles. The Bertz CT molecular complexity index is 674. The molecule has 0 fully saturated rings. The van der Waals surface area contributed by atoms with Crippen LogP contribution in [0.5, 0.6) is 0 Å². The predicted octanol–water partition coefficient (Wildman–Crippen LogP) is 0.973. The van der Waals surface area contributed by atoms with Gasteiger partial charge in [-0.15, -0.1) is 10.2 Å². The summed E-state index contributed by atoms with van der Waals surface area (Å²) in [6, 6.07) is 3.57. The summed E-state index contributed by atoms with van der Waals surface area (Å²) in [5.41, 5.74) is 6.07. The van der Waals surface area contributed by atoms with E-state index in [1.807, 2.05) is 0 Å². The van der Waals surface area contributed by atoms with E-state index in [1.165, 1.54) is 4.52 Å². The number of nitrogen functional groups attached to an aromatic ring is 1. The van der Waals surface area contributed by atoms with E-state index in [0.29, 0.717) is 11.6 Å². The number of nitrogens with zero attached hydrogens (tertiary/aromatic N) is 4. The number of hydrogen-bond donors (Lipinski definition) is 3. The Morgan fingerprint density at radius 2 is 1.42 bits per heavy atom. The molecule has 0 spiro atoms. The molecule has 134 valence electrons. The van der Waals surface area contributed by atoms with Crippen molar-refractivity contribution in [1.82, 2.24) is 19.8 Å². The van der Waals surface area contributed by atoms with E-state index >= 15 is 0 Å². The van der Waals surface area contributed by atoms with Crippen LogP contribution in [0.2, 0.25) is 0 Å². The van der Waals surface area contributed by atoms with Gasteiger partial charge in [0.05, 0.1) is 0 Å². The minimum atomic E-state index is -5.08. The van der Waals surface area contributed by atoms with Gasteiger partial charge in [-0.3, -0.25) is 0 Å². The van der Waals surface area contributed by atoms with Crippen LogP contribution >= 0.6 is 0 Å². The summed E-state index contributed by atoms with van der Waals surface area (Å²) in [6.07, 6.45) is -8.54. The maximum Gasteiger partial charge on any atom is 0.490 e. The molecular formula is C9H7F6N5O4. The lowest BCUT2D eigenvalue weighted by atomic mass is 10.6. The standard InChI is InChI=1S/C5H5N5.2C2HF3O2/c6-5-9-8-4-2-1-3-7-10(4)5;2*3-2(4,5)1(6)7/h1-3H,(H2,6,9);2*(H,6,7). The molecule has 2 rings (SSSR count). The summed E-state index contributed by atoms with van der Waals surface area (Å²) in [5.74, 6) is -5.20. The van der Waals surface area contributed by atoms with Crippen molar-refractivity contribution in [3.8, 4) is 0 Å². The third-order valence-electron chi connectivity index (χ3n) is 1.69. The molecule has 0 aliphatic rings. The van der Waals surface area contributed by atoms with Gasteiger partial charge in [-0.1, -0.05) is 0 Å². The molecule has 0 aliphatic carbocycles. The van der Waals surface area contributed by atoms with Crippen LogP contribution in [0.25, 0.3) is 5.65 Å². The van der Waals surface area contributed by atoms with Crippen LogP contribution in [-0.2, 0) is 9.59 Å². The number of aliphatic carboxylic acids is 2. The SMILES string of the molecule is Nc1nnc2cccnn12.O=C(O)C(F)(F)F.O=C(O)C(F)(F)F. The van der Waals surface area contributed by atoms with Crippen molar-refractivity contribution in [2.24, 2.45) is 0 Å². The largest absolute Gasteiger partial charge is 0.490 e. The van der Waals surface area contributed by atoms with E-state index < -0.39 is 24.3 Å². The van der Waals surface area contributed by atoms with Crippen LogP contribution in [0.1, 0.15) is 0 Å². The van der Waals surface area contributed by atoms with Gasteiger partial charge in [0.25, 0.3) is 0 Å². The quantitative estimate of drug-likeness (QED) is 0.588. The highest BCUT2D eigenvalue weighted by molar-refractivity contribution is 5.73. The molecule has 0 unspecified atom stereocenters. The molecule has 0 saturated carbocycles. The van der Waals surface area contributed by atoms with Crippen molar-refractivity contribution in [2.75, 3.05) is 5.73 Å². The zero-order chi connectivity index (χ0) is 19.1. The number of hydrogen-bond acceptors (Lipinski definition) is 6. The smallest absolute Gasteiger partial charge is 0.475 e. The molecule has 2 aromatic heterocycles. The van der Waals surface area contributed by atoms with Crippen molar-refractivity contribution in [3.63, 3.8) is 0 Å². The molecule has 0 saturated heterocycles. The third-order valence-corrected chi connectivity index (χ3v) is 1.69. The number of rotatable bonds is 0. The minimum Gasteiger partial charge on any atom is -0.475 e. The summed E-state index contributed by atoms with van der Waals surface area (Å²) >= 11 is 0. The monoisotopic (exact) mass is 363 g/mol. The van der Waals surface area contributed by atoms with E-state index in [9.17, 15) is 26.3 Å². The van der Waals surface area contributed by atoms with E-state index in [-0.39, 0.29) is 0 Å². The van der Waals surface area contributed by atoms with E-state index in [0.717, 1.165) is 0 Å². The number of aromatic nitrogens is 4. The Morgan fingerprint density at radius 3 is 1.75 bits per heavy atom. The topological polar surface area (TPSA) is 144 Å². The number of carboxylic acid groups (broad SMARTS) is 2. The van der Waals surface area contributed by atoms with Crippen LogP contribution < -0.4 is 5.73 Å². The van der Waals surface area contributed by atoms with Gasteiger partial charge in [-0.05, 0) is 12.1 Å². The van der Waals surface area contributed by atoms with Crippen LogP contribution in [0.3, 0.4) is 0 Å². The van der Waals surface area contributed by atoms with Crippen LogP contribution in [0, 0.1) is 0 Å². The highest BCUT2D eigenvalue weighted by Gasteiger charge is 2.38. The van der Waals surface area contributed by atoms with Crippen molar-refractivity contribution >= 4 is 23.5 Å². The van der Waals surface area contributed by atoms with Crippen molar-refractivity contribution in [3.05, 3.63) is 18.3 Å². The fourth-order valence-electron chi connectivity index (χ4n) is 0.761. The van der Waals surface area contributed by atoms with Crippen molar-refractivity contribution in [2.45, 2.75) is 12.4 Å². The van der Waals surface area contributed by atoms with Gasteiger partial charge >= 0.3 is 24.3 Å². The Morgan fingerprint density at radius 1 is 1.00 bits per heavy atom. The Hall–Kier alpha value is -3.13. The van der Waals surface area contributed by atoms with Crippen LogP contribution in [0.15, 0.2) is 18.3 Å². The van der Waals surface area contributed by atoms with E-state index in [2.05, 4.69) is 15.3 Å². The third kappa shape index (κ3) is 7.23. The van der Waals surface area contributed by atoms with Crippen LogP contribution in [0.4, 0.5) is 32.3 Å². The molecule has 9 nitrogen and oxygen atoms in total. The molecule has 0 atom stereocenters. The molecule has 2 aromatic rings. The maximum absolute atomic E-state index is 10.6. The fourth-order valence-corrected chi connectivity index (χ4v) is 0.761. The van der Waals surface area contributed by atoms with Gasteiger partial charge in [-0.2, -0.15) is 36.0 Å². The van der Waals surface area contributed by atoms with Gasteiger partial charge in [0.1, 0.15) is 0 Å². The zero-order valence-corrected chi connectivity index (χ0v) is 11.1. The Labute approximate surface area is 127 Å². The summed E-state index contributed by atoms with van der Waals surface area (Å²) in [5, 5.41) is 25.5. The zero-order valence-electron chi connectivity index (χ0n) is 11.1. The first kappa shape index (κ1) is 20.9. The average molecular weight is 363 g/mol. The van der Waals surface area contributed by atoms with Gasteiger partial charge in [-0.25, -0.2) is 9.59 Å². The lowest BCUT2D eigenvalue weighted by Gasteiger charge is -1.93. The molecular weight excluding hydrogens is 356 g/mol. The number of nitrogens with two attached hydrogens (primary N) is 1. The normalized spacial score (nSPS) is 10.9. The second kappa shape index (κ2) is 7.93. The number of carboxylic acids is 2. The number of anilines is 1. The second-order valence-corrected chi connectivity index (χ2v) is 3.46.